The number of likely N-dealkylation sites (tertiary alicyclic amines) is 1. The highest BCUT2D eigenvalue weighted by Crippen LogP contribution is 2.20. The Kier molecular flexibility index (Phi) is 13.3. The van der Waals surface area contributed by atoms with Gasteiger partial charge in [0.05, 0.1) is 0 Å². The van der Waals surface area contributed by atoms with E-state index >= 15 is 0 Å². The topological polar surface area (TPSA) is 58.1 Å². The monoisotopic (exact) mass is 550 g/mol. The molecule has 0 amide bonds. The number of ether oxygens (including phenoxy) is 2. The van der Waals surface area contributed by atoms with Crippen molar-refractivity contribution in [2.45, 2.75) is 38.6 Å². The zero-order chi connectivity index (χ0) is 20.2. The molecule has 30 heavy (non-hydrogen) atoms. The molecule has 0 bridgehead atoms. The first kappa shape index (κ1) is 25.8. The van der Waals surface area contributed by atoms with Crippen molar-refractivity contribution < 1.29 is 9.47 Å². The molecule has 0 spiro atoms. The fraction of sp³-hybridized carbons (Fsp3) is 0.773. The lowest BCUT2D eigenvalue weighted by Crippen LogP contribution is -2.44. The molecule has 6 nitrogen and oxygen atoms in total. The molecular weight excluding hydrogens is 511 g/mol. The molecule has 3 heterocycles. The molecule has 2 aliphatic heterocycles. The summed E-state index contributed by atoms with van der Waals surface area (Å²) in [7, 11) is 1.85. The van der Waals surface area contributed by atoms with Crippen LogP contribution in [0, 0.1) is 11.8 Å². The standard InChI is InChI=1S/C22H38N4O2S.HI/c1-23-22(24-9-4-11-28-18-19-7-12-27-13-8-19)25-15-20-5-2-10-26(16-20)17-21-6-3-14-29-21;/h3,6,14,19-20H,2,4-5,7-13,15-18H2,1H3,(H2,23,24,25);1H. The van der Waals surface area contributed by atoms with E-state index in [0.29, 0.717) is 11.8 Å². The van der Waals surface area contributed by atoms with Gasteiger partial charge < -0.3 is 20.1 Å². The maximum Gasteiger partial charge on any atom is 0.190 e. The van der Waals surface area contributed by atoms with Crippen LogP contribution in [0.5, 0.6) is 0 Å². The van der Waals surface area contributed by atoms with Crippen LogP contribution in [0.1, 0.15) is 37.0 Å². The van der Waals surface area contributed by atoms with Gasteiger partial charge in [0.15, 0.2) is 5.96 Å². The molecular formula is C22H39IN4O2S. The number of halogens is 1. The summed E-state index contributed by atoms with van der Waals surface area (Å²) in [6.07, 6.45) is 5.86. The van der Waals surface area contributed by atoms with E-state index in [4.69, 9.17) is 9.47 Å². The van der Waals surface area contributed by atoms with Gasteiger partial charge in [-0.25, -0.2) is 0 Å². The first-order chi connectivity index (χ1) is 14.3. The molecule has 2 fully saturated rings. The summed E-state index contributed by atoms with van der Waals surface area (Å²) in [6.45, 7) is 8.83. The van der Waals surface area contributed by atoms with E-state index in [1.807, 2.05) is 18.4 Å². The third kappa shape index (κ3) is 9.80. The Morgan fingerprint density at radius 1 is 1.27 bits per heavy atom. The van der Waals surface area contributed by atoms with Gasteiger partial charge in [-0.2, -0.15) is 0 Å². The van der Waals surface area contributed by atoms with Gasteiger partial charge in [-0.3, -0.25) is 9.89 Å². The number of piperidine rings is 1. The van der Waals surface area contributed by atoms with Crippen LogP contribution in [0.3, 0.4) is 0 Å². The first-order valence-corrected chi connectivity index (χ1v) is 12.1. The Labute approximate surface area is 203 Å². The van der Waals surface area contributed by atoms with Crippen molar-refractivity contribution >= 4 is 41.3 Å². The Bertz CT molecular complexity index is 582. The van der Waals surface area contributed by atoms with Gasteiger partial charge in [-0.15, -0.1) is 35.3 Å². The van der Waals surface area contributed by atoms with Gasteiger partial charge in [0.1, 0.15) is 0 Å². The normalized spacial score (nSPS) is 21.2. The molecule has 3 rings (SSSR count). The van der Waals surface area contributed by atoms with Gasteiger partial charge in [0, 0.05) is 64.5 Å². The summed E-state index contributed by atoms with van der Waals surface area (Å²) in [5.74, 6) is 2.27. The van der Waals surface area contributed by atoms with E-state index in [1.54, 1.807) is 0 Å². The molecule has 1 unspecified atom stereocenters. The number of hydrogen-bond donors (Lipinski definition) is 2. The lowest BCUT2D eigenvalue weighted by molar-refractivity contribution is 0.0203. The molecule has 0 saturated carbocycles. The number of aliphatic imine (C=N–C) groups is 1. The van der Waals surface area contributed by atoms with Crippen LogP contribution < -0.4 is 10.6 Å². The number of nitrogens with zero attached hydrogens (tertiary/aromatic N) is 2. The SMILES string of the molecule is CN=C(NCCCOCC1CCOCC1)NCC1CCCN(Cc2cccs2)C1.I. The minimum Gasteiger partial charge on any atom is -0.381 e. The fourth-order valence-electron chi connectivity index (χ4n) is 4.09. The van der Waals surface area contributed by atoms with Crippen molar-refractivity contribution in [1.82, 2.24) is 15.5 Å². The Morgan fingerprint density at radius 3 is 2.90 bits per heavy atom. The van der Waals surface area contributed by atoms with E-state index in [1.165, 1.54) is 30.8 Å². The van der Waals surface area contributed by atoms with Gasteiger partial charge in [0.25, 0.3) is 0 Å². The van der Waals surface area contributed by atoms with E-state index in [9.17, 15) is 0 Å². The molecule has 0 radical (unpaired) electrons. The van der Waals surface area contributed by atoms with Crippen molar-refractivity contribution in [3.63, 3.8) is 0 Å². The maximum absolute atomic E-state index is 5.84. The smallest absolute Gasteiger partial charge is 0.190 e. The minimum atomic E-state index is 0. The molecule has 2 N–H and O–H groups in total. The lowest BCUT2D eigenvalue weighted by atomic mass is 9.98. The van der Waals surface area contributed by atoms with Crippen molar-refractivity contribution in [1.29, 1.82) is 0 Å². The summed E-state index contributed by atoms with van der Waals surface area (Å²) in [6, 6.07) is 4.39. The van der Waals surface area contributed by atoms with Crippen LogP contribution in [0.15, 0.2) is 22.5 Å². The number of nitrogens with one attached hydrogen (secondary N) is 2. The van der Waals surface area contributed by atoms with Gasteiger partial charge in [0.2, 0.25) is 0 Å². The van der Waals surface area contributed by atoms with Crippen LogP contribution in [-0.2, 0) is 16.0 Å². The zero-order valence-electron chi connectivity index (χ0n) is 18.3. The molecule has 172 valence electrons. The maximum atomic E-state index is 5.84. The summed E-state index contributed by atoms with van der Waals surface area (Å²) in [4.78, 5) is 8.43. The predicted molar refractivity (Wildman–Crippen MR) is 136 cm³/mol. The molecule has 1 atom stereocenters. The van der Waals surface area contributed by atoms with Crippen molar-refractivity contribution in [3.05, 3.63) is 22.4 Å². The van der Waals surface area contributed by atoms with Crippen LogP contribution in [0.4, 0.5) is 0 Å². The summed E-state index contributed by atoms with van der Waals surface area (Å²) in [5.41, 5.74) is 0. The molecule has 1 aromatic heterocycles. The molecule has 0 aliphatic carbocycles. The minimum absolute atomic E-state index is 0. The predicted octanol–water partition coefficient (Wildman–Crippen LogP) is 3.58. The average Bonchev–Trinajstić information content (AvgIpc) is 3.27. The zero-order valence-corrected chi connectivity index (χ0v) is 21.5. The number of hydrogen-bond acceptors (Lipinski definition) is 5. The largest absolute Gasteiger partial charge is 0.381 e. The van der Waals surface area contributed by atoms with Gasteiger partial charge in [-0.05, 0) is 61.9 Å². The molecule has 1 aromatic rings. The molecule has 2 aliphatic rings. The lowest BCUT2D eigenvalue weighted by Gasteiger charge is -2.32. The highest BCUT2D eigenvalue weighted by Gasteiger charge is 2.20. The van der Waals surface area contributed by atoms with Crippen LogP contribution in [0.2, 0.25) is 0 Å². The fourth-order valence-corrected chi connectivity index (χ4v) is 4.84. The highest BCUT2D eigenvalue weighted by molar-refractivity contribution is 14.0. The van der Waals surface area contributed by atoms with E-state index in [0.717, 1.165) is 71.3 Å². The molecule has 2 saturated heterocycles. The number of rotatable bonds is 10. The van der Waals surface area contributed by atoms with E-state index in [2.05, 4.69) is 38.0 Å². The van der Waals surface area contributed by atoms with Crippen molar-refractivity contribution in [2.75, 3.05) is 59.7 Å². The molecule has 0 aromatic carbocycles. The van der Waals surface area contributed by atoms with Crippen LogP contribution >= 0.6 is 35.3 Å². The summed E-state index contributed by atoms with van der Waals surface area (Å²) in [5, 5.41) is 9.11. The third-order valence-electron chi connectivity index (χ3n) is 5.80. The average molecular weight is 551 g/mol. The van der Waals surface area contributed by atoms with E-state index in [-0.39, 0.29) is 24.0 Å². The van der Waals surface area contributed by atoms with Crippen molar-refractivity contribution in [3.8, 4) is 0 Å². The number of thiophene rings is 1. The molecule has 8 heteroatoms. The Hall–Kier alpha value is -0.420. The van der Waals surface area contributed by atoms with Crippen LogP contribution in [0.25, 0.3) is 0 Å². The second-order valence-electron chi connectivity index (χ2n) is 8.19. The van der Waals surface area contributed by atoms with Gasteiger partial charge >= 0.3 is 0 Å². The summed E-state index contributed by atoms with van der Waals surface area (Å²) >= 11 is 1.86. The second-order valence-corrected chi connectivity index (χ2v) is 9.22. The highest BCUT2D eigenvalue weighted by atomic mass is 127. The van der Waals surface area contributed by atoms with Gasteiger partial charge in [-0.1, -0.05) is 6.07 Å². The Balaban J connectivity index is 0.00000320. The number of guanidine groups is 1. The second kappa shape index (κ2) is 15.4. The third-order valence-corrected chi connectivity index (χ3v) is 6.66. The Morgan fingerprint density at radius 2 is 2.13 bits per heavy atom. The van der Waals surface area contributed by atoms with Crippen LogP contribution in [-0.4, -0.2) is 70.5 Å². The van der Waals surface area contributed by atoms with Crippen molar-refractivity contribution in [2.24, 2.45) is 16.8 Å². The summed E-state index contributed by atoms with van der Waals surface area (Å²) < 4.78 is 11.2. The quantitative estimate of drug-likeness (QED) is 0.202. The van der Waals surface area contributed by atoms with E-state index < -0.39 is 0 Å². The first-order valence-electron chi connectivity index (χ1n) is 11.2.